The van der Waals surface area contributed by atoms with E-state index in [-0.39, 0.29) is 41.7 Å². The van der Waals surface area contributed by atoms with Crippen LogP contribution in [0.25, 0.3) is 43.6 Å². The molecule has 8 aromatic rings. The molecule has 273 valence electrons. The zero-order chi connectivity index (χ0) is 39.2. The van der Waals surface area contributed by atoms with Crippen LogP contribution in [0.2, 0.25) is 0 Å². The summed E-state index contributed by atoms with van der Waals surface area (Å²) in [5.41, 5.74) is 2.76. The third kappa shape index (κ3) is 11.6. The van der Waals surface area contributed by atoms with Crippen LogP contribution in [0.4, 0.5) is 0 Å². The summed E-state index contributed by atoms with van der Waals surface area (Å²) in [5, 5.41) is 75.2. The van der Waals surface area contributed by atoms with E-state index >= 15 is 0 Å². The molecular formula is C38H26CeN5O11. The molecule has 4 N–H and O–H groups in total. The fourth-order valence-electron chi connectivity index (χ4n) is 4.83. The molecule has 0 fully saturated rings. The molecule has 0 saturated heterocycles. The predicted octanol–water partition coefficient (Wildman–Crippen LogP) is 4.25. The van der Waals surface area contributed by atoms with Crippen molar-refractivity contribution in [3.8, 4) is 23.0 Å². The Kier molecular flexibility index (Phi) is 15.9. The van der Waals surface area contributed by atoms with Crippen LogP contribution in [0.3, 0.4) is 0 Å². The summed E-state index contributed by atoms with van der Waals surface area (Å²) in [6.07, 6.45) is 7.21. The smallest absolute Gasteiger partial charge is 0.545 e. The summed E-state index contributed by atoms with van der Waals surface area (Å²) in [4.78, 5) is 46.1. The van der Waals surface area contributed by atoms with Crippen molar-refractivity contribution in [3.05, 3.63) is 160 Å². The van der Waals surface area contributed by atoms with Crippen LogP contribution in [0.5, 0.6) is 23.0 Å². The van der Waals surface area contributed by atoms with Crippen LogP contribution < -0.4 is 10.2 Å². The maximum absolute atomic E-state index is 10.2. The second-order valence-corrected chi connectivity index (χ2v) is 10.6. The molecule has 16 nitrogen and oxygen atoms in total. The van der Waals surface area contributed by atoms with Gasteiger partial charge in [0.25, 0.3) is 0 Å². The van der Waals surface area contributed by atoms with Crippen LogP contribution in [-0.2, 0) is 0 Å². The third-order valence-electron chi connectivity index (χ3n) is 7.14. The van der Waals surface area contributed by atoms with Gasteiger partial charge < -0.3 is 55.5 Å². The van der Waals surface area contributed by atoms with Crippen molar-refractivity contribution in [1.29, 1.82) is 0 Å². The maximum Gasteiger partial charge on any atom is 3.00 e. The van der Waals surface area contributed by atoms with Crippen molar-refractivity contribution >= 4 is 55.6 Å². The van der Waals surface area contributed by atoms with E-state index in [4.69, 9.17) is 35.7 Å². The van der Waals surface area contributed by atoms with Crippen molar-refractivity contribution in [2.45, 2.75) is 0 Å². The Morgan fingerprint density at radius 3 is 0.836 bits per heavy atom. The number of carbonyl (C=O) groups is 2. The molecule has 0 bridgehead atoms. The van der Waals surface area contributed by atoms with Gasteiger partial charge in [-0.3, -0.25) is 19.9 Å². The van der Waals surface area contributed by atoms with Gasteiger partial charge in [-0.05, 0) is 48.5 Å². The van der Waals surface area contributed by atoms with E-state index < -0.39 is 51.2 Å². The summed E-state index contributed by atoms with van der Waals surface area (Å²) in [6, 6.07) is 31.6. The monoisotopic (exact) mass is 868 g/mol. The number of nitrogens with zero attached hydrogens (tertiary/aromatic N) is 5. The van der Waals surface area contributed by atoms with Crippen LogP contribution in [-0.4, -0.2) is 57.4 Å². The number of carboxylic acids is 2. The quantitative estimate of drug-likeness (QED) is 0.107. The fourth-order valence-corrected chi connectivity index (χ4v) is 4.83. The number of carbonyl (C=O) groups excluding carboxylic acids is 2. The number of aromatic hydroxyl groups is 4. The summed E-state index contributed by atoms with van der Waals surface area (Å²) >= 11 is 0. The zero-order valence-corrected chi connectivity index (χ0v) is 31.2. The van der Waals surface area contributed by atoms with Gasteiger partial charge in [-0.25, -0.2) is 0 Å². The molecule has 17 heteroatoms. The number of phenols is 4. The number of hydrogen-bond donors (Lipinski definition) is 4. The molecule has 4 heterocycles. The Hall–Kier alpha value is -6.76. The predicted molar refractivity (Wildman–Crippen MR) is 193 cm³/mol. The summed E-state index contributed by atoms with van der Waals surface area (Å²) < 4.78 is 0. The van der Waals surface area contributed by atoms with Gasteiger partial charge in [0.1, 0.15) is 23.0 Å². The minimum Gasteiger partial charge on any atom is -0.545 e. The molecule has 0 aliphatic heterocycles. The summed E-state index contributed by atoms with van der Waals surface area (Å²) in [7, 11) is 0. The van der Waals surface area contributed by atoms with Gasteiger partial charge in [0, 0.05) is 46.3 Å². The number of aromatic carboxylic acids is 2. The number of aromatic nitrogens is 4. The number of carboxylic acid groups (broad SMARTS) is 2. The molecule has 4 aromatic carbocycles. The number of benzene rings is 4. The molecule has 4 aromatic heterocycles. The van der Waals surface area contributed by atoms with Crippen molar-refractivity contribution in [1.82, 2.24) is 19.9 Å². The fraction of sp³-hybridized carbons (Fsp3) is 0. The molecule has 0 amide bonds. The molecule has 0 spiro atoms. The van der Waals surface area contributed by atoms with E-state index in [0.717, 1.165) is 67.9 Å². The normalized spacial score (nSPS) is 9.75. The average molecular weight is 869 g/mol. The first-order chi connectivity index (χ1) is 25.9. The minimum absolute atomic E-state index is 0. The van der Waals surface area contributed by atoms with Gasteiger partial charge in [-0.15, -0.1) is 0 Å². The molecule has 0 aliphatic rings. The van der Waals surface area contributed by atoms with Crippen LogP contribution in [0, 0.1) is 57.1 Å². The van der Waals surface area contributed by atoms with Gasteiger partial charge in [-0.2, -0.15) is 0 Å². The first kappa shape index (κ1) is 42.6. The first-order valence-electron chi connectivity index (χ1n) is 15.3. The Balaban J connectivity index is 0.000000191. The van der Waals surface area contributed by atoms with Crippen molar-refractivity contribution in [2.75, 3.05) is 0 Å². The molecule has 0 saturated carbocycles. The minimum atomic E-state index is -1.75. The Labute approximate surface area is 343 Å². The Morgan fingerprint density at radius 1 is 0.436 bits per heavy atom. The van der Waals surface area contributed by atoms with Crippen LogP contribution in [0.1, 0.15) is 20.7 Å². The largest absolute Gasteiger partial charge is 3.00 e. The van der Waals surface area contributed by atoms with Gasteiger partial charge in [0.2, 0.25) is 0 Å². The molecule has 0 unspecified atom stereocenters. The maximum atomic E-state index is 10.2. The molecular weight excluding hydrogens is 843 g/mol. The number of pyridine rings is 4. The van der Waals surface area contributed by atoms with E-state index in [0.29, 0.717) is 0 Å². The number of hydrogen-bond acceptors (Lipinski definition) is 15. The van der Waals surface area contributed by atoms with Gasteiger partial charge in [0.05, 0.1) is 50.2 Å². The molecule has 8 rings (SSSR count). The summed E-state index contributed by atoms with van der Waals surface area (Å²) in [5.74, 6) is -5.17. The van der Waals surface area contributed by atoms with Crippen molar-refractivity contribution < 1.29 is 87.1 Å². The molecule has 0 aliphatic carbocycles. The molecule has 0 atom stereocenters. The summed E-state index contributed by atoms with van der Waals surface area (Å²) in [6.45, 7) is 0. The topological polar surface area (TPSA) is 279 Å². The number of fused-ring (bicyclic) bond motifs is 6. The van der Waals surface area contributed by atoms with Crippen LogP contribution in [0.15, 0.2) is 134 Å². The van der Waals surface area contributed by atoms with Crippen LogP contribution >= 0.6 is 0 Å². The van der Waals surface area contributed by atoms with E-state index in [1.807, 2.05) is 24.3 Å². The standard InChI is InChI=1S/2C12H8N2.2C7H6O4.Ce.NO3/c2*1-3-9-5-6-10-4-2-8-14-12(10)11(9)13-7-1;2*8-4-2-1-3-5(9)6(4)7(10)11;;2-1(3)4/h2*1-8H;2*1-3,8-9H,(H,10,11);;/q;;;;+3;-1/p-2. The van der Waals surface area contributed by atoms with Gasteiger partial charge in [-0.1, -0.05) is 60.7 Å². The Morgan fingerprint density at radius 2 is 0.655 bits per heavy atom. The first-order valence-corrected chi connectivity index (χ1v) is 15.3. The van der Waals surface area contributed by atoms with Gasteiger partial charge in [0.15, 0.2) is 0 Å². The third-order valence-corrected chi connectivity index (χ3v) is 7.14. The van der Waals surface area contributed by atoms with Crippen molar-refractivity contribution in [3.63, 3.8) is 0 Å². The average Bonchev–Trinajstić information content (AvgIpc) is 3.15. The second kappa shape index (κ2) is 20.5. The number of rotatable bonds is 2. The Bertz CT molecular complexity index is 2270. The molecule has 55 heavy (non-hydrogen) atoms. The van der Waals surface area contributed by atoms with Gasteiger partial charge >= 0.3 is 41.7 Å². The van der Waals surface area contributed by atoms with E-state index in [1.165, 1.54) is 12.1 Å². The van der Waals surface area contributed by atoms with E-state index in [1.54, 1.807) is 24.8 Å². The zero-order valence-electron chi connectivity index (χ0n) is 28.1. The van der Waals surface area contributed by atoms with Crippen molar-refractivity contribution in [2.24, 2.45) is 0 Å². The second-order valence-electron chi connectivity index (χ2n) is 10.6. The van der Waals surface area contributed by atoms with E-state index in [9.17, 15) is 19.8 Å². The van der Waals surface area contributed by atoms with E-state index in [2.05, 4.69) is 68.5 Å². The SMILES string of the molecule is O=C([O-])c1c(O)cccc1O.O=C([O-])c1c(O)cccc1O.O=[N+]([O-])[O-].[Ce+3].c1cnc2c(c1)ccc1cccnc12.c1cnc2c(c1)ccc1cccnc12. The molecule has 1 radical (unpaired) electrons.